The summed E-state index contributed by atoms with van der Waals surface area (Å²) in [5, 5.41) is 14.0. The number of para-hydroxylation sites is 1. The first-order valence-corrected chi connectivity index (χ1v) is 12.4. The van der Waals surface area contributed by atoms with Crippen LogP contribution in [0.1, 0.15) is 61.6 Å². The molecule has 0 bridgehead atoms. The van der Waals surface area contributed by atoms with Crippen molar-refractivity contribution in [3.8, 4) is 5.75 Å². The van der Waals surface area contributed by atoms with Crippen molar-refractivity contribution in [1.29, 1.82) is 0 Å². The third-order valence-corrected chi connectivity index (χ3v) is 8.36. The number of anilines is 1. The van der Waals surface area contributed by atoms with E-state index in [4.69, 9.17) is 0 Å². The predicted molar refractivity (Wildman–Crippen MR) is 118 cm³/mol. The molecule has 1 aliphatic heterocycles. The average Bonchev–Trinajstić information content (AvgIpc) is 3.24. The van der Waals surface area contributed by atoms with Crippen molar-refractivity contribution in [2.75, 3.05) is 5.32 Å². The summed E-state index contributed by atoms with van der Waals surface area (Å²) in [7, 11) is -3.54. The summed E-state index contributed by atoms with van der Waals surface area (Å²) < 4.78 is 29.0. The minimum absolute atomic E-state index is 0.0125. The van der Waals surface area contributed by atoms with E-state index < -0.39 is 10.0 Å². The first-order chi connectivity index (χ1) is 14.5. The lowest BCUT2D eigenvalue weighted by Crippen LogP contribution is -2.36. The Hall–Kier alpha value is -2.31. The fourth-order valence-corrected chi connectivity index (χ4v) is 6.65. The second kappa shape index (κ2) is 7.75. The highest BCUT2D eigenvalue weighted by atomic mass is 32.2. The number of nitrogens with one attached hydrogen (secondary N) is 2. The Labute approximate surface area is 178 Å². The van der Waals surface area contributed by atoms with Crippen LogP contribution in [0.3, 0.4) is 0 Å². The van der Waals surface area contributed by atoms with E-state index in [1.54, 1.807) is 12.1 Å². The molecule has 2 aromatic carbocycles. The van der Waals surface area contributed by atoms with Crippen molar-refractivity contribution >= 4 is 15.7 Å². The average molecular weight is 425 g/mol. The van der Waals surface area contributed by atoms with Gasteiger partial charge in [-0.15, -0.1) is 0 Å². The maximum absolute atomic E-state index is 13.0. The number of sulfonamides is 1. The molecule has 0 amide bonds. The summed E-state index contributed by atoms with van der Waals surface area (Å²) in [6, 6.07) is 12.9. The molecule has 1 heterocycles. The van der Waals surface area contributed by atoms with Gasteiger partial charge in [-0.3, -0.25) is 0 Å². The second-order valence-corrected chi connectivity index (χ2v) is 10.5. The Balaban J connectivity index is 1.47. The van der Waals surface area contributed by atoms with Gasteiger partial charge in [0.15, 0.2) is 0 Å². The normalized spacial score (nSPS) is 26.1. The van der Waals surface area contributed by atoms with Crippen LogP contribution in [-0.2, 0) is 10.0 Å². The van der Waals surface area contributed by atoms with Crippen LogP contribution in [-0.4, -0.2) is 19.6 Å². The van der Waals surface area contributed by atoms with Gasteiger partial charge in [0.2, 0.25) is 10.0 Å². The Morgan fingerprint density at radius 3 is 2.60 bits per heavy atom. The van der Waals surface area contributed by atoms with Gasteiger partial charge in [0.25, 0.3) is 0 Å². The fourth-order valence-electron chi connectivity index (χ4n) is 5.31. The number of allylic oxidation sites excluding steroid dienone is 2. The van der Waals surface area contributed by atoms with E-state index in [0.29, 0.717) is 10.6 Å². The third-order valence-electron chi connectivity index (χ3n) is 6.84. The minimum Gasteiger partial charge on any atom is -0.508 e. The highest BCUT2D eigenvalue weighted by molar-refractivity contribution is 7.89. The molecule has 158 valence electrons. The highest BCUT2D eigenvalue weighted by Gasteiger charge is 2.39. The molecule has 0 aromatic heterocycles. The largest absolute Gasteiger partial charge is 0.508 e. The quantitative estimate of drug-likeness (QED) is 0.614. The first kappa shape index (κ1) is 19.6. The molecular weight excluding hydrogens is 396 g/mol. The maximum atomic E-state index is 13.0. The van der Waals surface area contributed by atoms with Crippen LogP contribution in [0.5, 0.6) is 5.75 Å². The molecule has 3 N–H and O–H groups in total. The van der Waals surface area contributed by atoms with Gasteiger partial charge in [-0.1, -0.05) is 49.6 Å². The van der Waals surface area contributed by atoms with Crippen molar-refractivity contribution < 1.29 is 13.5 Å². The van der Waals surface area contributed by atoms with Crippen LogP contribution in [0.15, 0.2) is 59.5 Å². The zero-order chi connectivity index (χ0) is 20.7. The van der Waals surface area contributed by atoms with Crippen molar-refractivity contribution in [1.82, 2.24) is 4.72 Å². The molecule has 3 aliphatic rings. The molecule has 0 saturated heterocycles. The summed E-state index contributed by atoms with van der Waals surface area (Å²) in [6.45, 7) is 0. The van der Waals surface area contributed by atoms with Crippen LogP contribution >= 0.6 is 0 Å². The van der Waals surface area contributed by atoms with Crippen molar-refractivity contribution in [3.63, 3.8) is 0 Å². The number of fused-ring (bicyclic) bond motifs is 3. The number of phenolic OH excluding ortho intramolecular Hbond substituents is 1. The number of hydrogen-bond donors (Lipinski definition) is 3. The smallest absolute Gasteiger partial charge is 0.240 e. The maximum Gasteiger partial charge on any atom is 0.240 e. The summed E-state index contributed by atoms with van der Waals surface area (Å²) in [4.78, 5) is 0.341. The van der Waals surface area contributed by atoms with Gasteiger partial charge in [-0.25, -0.2) is 13.1 Å². The number of benzene rings is 2. The molecule has 30 heavy (non-hydrogen) atoms. The van der Waals surface area contributed by atoms with Crippen LogP contribution in [0.4, 0.5) is 5.69 Å². The van der Waals surface area contributed by atoms with Gasteiger partial charge in [0, 0.05) is 23.2 Å². The Bertz CT molecular complexity index is 1070. The first-order valence-electron chi connectivity index (χ1n) is 10.9. The van der Waals surface area contributed by atoms with E-state index in [1.807, 2.05) is 30.3 Å². The molecule has 5 rings (SSSR count). The van der Waals surface area contributed by atoms with Gasteiger partial charge >= 0.3 is 0 Å². The van der Waals surface area contributed by atoms with Crippen molar-refractivity contribution in [2.24, 2.45) is 5.92 Å². The lowest BCUT2D eigenvalue weighted by molar-refractivity contribution is 0.402. The van der Waals surface area contributed by atoms with E-state index in [1.165, 1.54) is 6.42 Å². The molecule has 6 heteroatoms. The monoisotopic (exact) mass is 424 g/mol. The second-order valence-electron chi connectivity index (χ2n) is 8.74. The van der Waals surface area contributed by atoms with Gasteiger partial charge in [0.1, 0.15) is 5.75 Å². The SMILES string of the molecule is O=S(=O)(NC1CCCCC1)c1ccc2c(c1)C1C=CCC1C(c1ccccc1O)N2. The summed E-state index contributed by atoms with van der Waals surface area (Å²) >= 11 is 0. The van der Waals surface area contributed by atoms with Gasteiger partial charge < -0.3 is 10.4 Å². The van der Waals surface area contributed by atoms with E-state index >= 15 is 0 Å². The Morgan fingerprint density at radius 1 is 1.00 bits per heavy atom. The van der Waals surface area contributed by atoms with Crippen LogP contribution in [0, 0.1) is 5.92 Å². The zero-order valence-corrected chi connectivity index (χ0v) is 17.7. The van der Waals surface area contributed by atoms with Crippen molar-refractivity contribution in [3.05, 3.63) is 65.7 Å². The van der Waals surface area contributed by atoms with Gasteiger partial charge in [0.05, 0.1) is 10.9 Å². The number of hydrogen-bond acceptors (Lipinski definition) is 4. The topological polar surface area (TPSA) is 78.4 Å². The number of phenols is 1. The molecule has 0 radical (unpaired) electrons. The number of aromatic hydroxyl groups is 1. The fraction of sp³-hybridized carbons (Fsp3) is 0.417. The van der Waals surface area contributed by atoms with Gasteiger partial charge in [-0.2, -0.15) is 0 Å². The van der Waals surface area contributed by atoms with E-state index in [9.17, 15) is 13.5 Å². The van der Waals surface area contributed by atoms with Crippen molar-refractivity contribution in [2.45, 2.75) is 61.4 Å². The molecule has 2 aliphatic carbocycles. The predicted octanol–water partition coefficient (Wildman–Crippen LogP) is 4.83. The summed E-state index contributed by atoms with van der Waals surface area (Å²) in [5.74, 6) is 0.672. The van der Waals surface area contributed by atoms with Crippen LogP contribution in [0.25, 0.3) is 0 Å². The molecule has 5 nitrogen and oxygen atoms in total. The highest BCUT2D eigenvalue weighted by Crippen LogP contribution is 2.51. The van der Waals surface area contributed by atoms with E-state index in [2.05, 4.69) is 22.2 Å². The summed E-state index contributed by atoms with van der Waals surface area (Å²) in [5.41, 5.74) is 2.84. The molecule has 3 unspecified atom stereocenters. The van der Waals surface area contributed by atoms with Crippen LogP contribution in [0.2, 0.25) is 0 Å². The van der Waals surface area contributed by atoms with Gasteiger partial charge in [-0.05, 0) is 55.0 Å². The Morgan fingerprint density at radius 2 is 1.80 bits per heavy atom. The standard InChI is InChI=1S/C24H28N2O3S/c27-23-12-5-4-9-20(23)24-19-11-6-10-18(19)21-15-17(13-14-22(21)25-24)30(28,29)26-16-7-2-1-3-8-16/h4-6,9-10,12-16,18-19,24-27H,1-3,7-8,11H2. The number of rotatable bonds is 4. The molecule has 2 aromatic rings. The molecule has 1 saturated carbocycles. The van der Waals surface area contributed by atoms with Crippen LogP contribution < -0.4 is 10.0 Å². The molecule has 3 atom stereocenters. The zero-order valence-electron chi connectivity index (χ0n) is 16.9. The third kappa shape index (κ3) is 3.52. The lowest BCUT2D eigenvalue weighted by atomic mass is 9.77. The summed E-state index contributed by atoms with van der Waals surface area (Å²) in [6.07, 6.45) is 10.4. The van der Waals surface area contributed by atoms with E-state index in [-0.39, 0.29) is 23.9 Å². The van der Waals surface area contributed by atoms with E-state index in [0.717, 1.165) is 48.9 Å². The molecule has 1 fully saturated rings. The molecule has 0 spiro atoms. The Kier molecular flexibility index (Phi) is 5.07. The molecular formula is C24H28N2O3S. The minimum atomic E-state index is -3.54. The lowest BCUT2D eigenvalue weighted by Gasteiger charge is -2.38.